The molecule has 0 bridgehead atoms. The van der Waals surface area contributed by atoms with Gasteiger partial charge in [0.2, 0.25) is 0 Å². The van der Waals surface area contributed by atoms with Gasteiger partial charge in [-0.3, -0.25) is 4.79 Å². The number of ether oxygens (including phenoxy) is 1. The van der Waals surface area contributed by atoms with Gasteiger partial charge in [-0.2, -0.15) is 0 Å². The van der Waals surface area contributed by atoms with Gasteiger partial charge in [-0.25, -0.2) is 14.4 Å². The van der Waals surface area contributed by atoms with E-state index in [-0.39, 0.29) is 16.9 Å². The van der Waals surface area contributed by atoms with E-state index in [4.69, 9.17) is 9.72 Å². The topological polar surface area (TPSA) is 64.1 Å². The molecular weight excluding hydrogens is 425 g/mol. The number of rotatable bonds is 7. The minimum absolute atomic E-state index is 0.0251. The quantitative estimate of drug-likeness (QED) is 0.407. The Balaban J connectivity index is 1.43. The fourth-order valence-corrected chi connectivity index (χ4v) is 4.94. The second-order valence-corrected chi connectivity index (χ2v) is 8.91. The molecule has 0 atom stereocenters. The van der Waals surface area contributed by atoms with Crippen LogP contribution in [-0.2, 0) is 10.2 Å². The highest BCUT2D eigenvalue weighted by Crippen LogP contribution is 2.53. The number of methoxy groups -OCH3 is 1. The number of nitrogens with zero attached hydrogens (tertiary/aromatic N) is 2. The van der Waals surface area contributed by atoms with Crippen molar-refractivity contribution >= 4 is 27.6 Å². The number of fused-ring (bicyclic) bond motifs is 1. The van der Waals surface area contributed by atoms with Crippen molar-refractivity contribution in [2.75, 3.05) is 20.3 Å². The number of hydrogen-bond donors (Lipinski definition) is 1. The predicted octanol–water partition coefficient (Wildman–Crippen LogP) is 4.95. The summed E-state index contributed by atoms with van der Waals surface area (Å²) in [5.41, 5.74) is 3.67. The van der Waals surface area contributed by atoms with Gasteiger partial charge in [-0.15, -0.1) is 0 Å². The van der Waals surface area contributed by atoms with E-state index in [9.17, 15) is 9.18 Å². The molecule has 1 amide bonds. The summed E-state index contributed by atoms with van der Waals surface area (Å²) >= 11 is 1.37. The van der Waals surface area contributed by atoms with Crippen molar-refractivity contribution in [2.24, 2.45) is 0 Å². The fourth-order valence-electron chi connectivity index (χ4n) is 3.97. The molecule has 1 aliphatic carbocycles. The lowest BCUT2D eigenvalue weighted by molar-refractivity contribution is 0.0936. The highest BCUT2D eigenvalue weighted by Gasteiger charge is 2.47. The van der Waals surface area contributed by atoms with Crippen molar-refractivity contribution in [3.8, 4) is 10.6 Å². The molecule has 5 rings (SSSR count). The van der Waals surface area contributed by atoms with E-state index in [1.165, 1.54) is 23.0 Å². The maximum atomic E-state index is 14.9. The number of thiazole rings is 1. The summed E-state index contributed by atoms with van der Waals surface area (Å²) in [6.45, 7) is 0.771. The first-order valence-corrected chi connectivity index (χ1v) is 11.3. The molecule has 0 unspecified atom stereocenters. The van der Waals surface area contributed by atoms with E-state index in [1.54, 1.807) is 19.2 Å². The van der Waals surface area contributed by atoms with Gasteiger partial charge in [0.05, 0.1) is 12.3 Å². The summed E-state index contributed by atoms with van der Waals surface area (Å²) in [5.74, 6) is -0.814. The summed E-state index contributed by atoms with van der Waals surface area (Å²) in [6.07, 6.45) is 2.15. The molecule has 162 valence electrons. The normalized spacial score (nSPS) is 14.4. The van der Waals surface area contributed by atoms with Crippen LogP contribution in [0.3, 0.4) is 0 Å². The fraction of sp³-hybridized carbons (Fsp3) is 0.240. The van der Waals surface area contributed by atoms with Gasteiger partial charge in [0.15, 0.2) is 0 Å². The second-order valence-electron chi connectivity index (χ2n) is 7.93. The number of aromatic nitrogens is 2. The molecule has 4 aromatic rings. The number of benzene rings is 2. The van der Waals surface area contributed by atoms with E-state index in [0.29, 0.717) is 23.7 Å². The lowest BCUT2D eigenvalue weighted by Gasteiger charge is -2.14. The van der Waals surface area contributed by atoms with Crippen LogP contribution in [0.25, 0.3) is 20.9 Å². The number of carbonyl (C=O) groups is 1. The average molecular weight is 448 g/mol. The SMILES string of the molecule is COCCNC(=O)c1ccc(-c2nc3ccc(C4(c5ccccc5)CC4)nc3s2)c(F)c1. The maximum Gasteiger partial charge on any atom is 0.251 e. The molecule has 1 fully saturated rings. The first-order valence-electron chi connectivity index (χ1n) is 10.5. The van der Waals surface area contributed by atoms with Crippen molar-refractivity contribution < 1.29 is 13.9 Å². The molecule has 1 aliphatic rings. The molecule has 32 heavy (non-hydrogen) atoms. The van der Waals surface area contributed by atoms with Gasteiger partial charge >= 0.3 is 0 Å². The van der Waals surface area contributed by atoms with Crippen molar-refractivity contribution in [3.63, 3.8) is 0 Å². The van der Waals surface area contributed by atoms with E-state index >= 15 is 0 Å². The monoisotopic (exact) mass is 447 g/mol. The molecular formula is C25H22FN3O2S. The molecule has 2 heterocycles. The third-order valence-corrected chi connectivity index (χ3v) is 6.87. The number of carbonyl (C=O) groups excluding carboxylic acids is 1. The first-order chi connectivity index (χ1) is 15.6. The molecule has 5 nitrogen and oxygen atoms in total. The van der Waals surface area contributed by atoms with Crippen LogP contribution in [0.1, 0.15) is 34.5 Å². The van der Waals surface area contributed by atoms with Gasteiger partial charge in [-0.1, -0.05) is 41.7 Å². The zero-order chi connectivity index (χ0) is 22.1. The lowest BCUT2D eigenvalue weighted by atomic mass is 9.92. The Labute approximate surface area is 189 Å². The van der Waals surface area contributed by atoms with E-state index in [1.807, 2.05) is 18.2 Å². The minimum atomic E-state index is -0.480. The van der Waals surface area contributed by atoms with Crippen molar-refractivity contribution in [1.82, 2.24) is 15.3 Å². The molecule has 0 spiro atoms. The van der Waals surface area contributed by atoms with Crippen LogP contribution in [0.2, 0.25) is 0 Å². The summed E-state index contributed by atoms with van der Waals surface area (Å²) in [4.78, 5) is 22.5. The molecule has 7 heteroatoms. The number of nitrogens with one attached hydrogen (secondary N) is 1. The van der Waals surface area contributed by atoms with Crippen LogP contribution >= 0.6 is 11.3 Å². The number of halogens is 1. The highest BCUT2D eigenvalue weighted by molar-refractivity contribution is 7.21. The van der Waals surface area contributed by atoms with Crippen LogP contribution in [0.4, 0.5) is 4.39 Å². The average Bonchev–Trinajstić information content (AvgIpc) is 3.52. The van der Waals surface area contributed by atoms with Gasteiger partial charge in [0, 0.05) is 30.2 Å². The zero-order valence-electron chi connectivity index (χ0n) is 17.6. The summed E-state index contributed by atoms with van der Waals surface area (Å²) in [7, 11) is 1.56. The van der Waals surface area contributed by atoms with Crippen molar-refractivity contribution in [1.29, 1.82) is 0 Å². The number of hydrogen-bond acceptors (Lipinski definition) is 5. The first kappa shape index (κ1) is 20.7. The van der Waals surface area contributed by atoms with Crippen LogP contribution in [-0.4, -0.2) is 36.1 Å². The third kappa shape index (κ3) is 3.78. The van der Waals surface area contributed by atoms with E-state index in [0.717, 1.165) is 28.9 Å². The molecule has 2 aromatic carbocycles. The van der Waals surface area contributed by atoms with Crippen LogP contribution < -0.4 is 5.32 Å². The van der Waals surface area contributed by atoms with Crippen molar-refractivity contribution in [2.45, 2.75) is 18.3 Å². The maximum absolute atomic E-state index is 14.9. The van der Waals surface area contributed by atoms with E-state index in [2.05, 4.69) is 34.6 Å². The van der Waals surface area contributed by atoms with E-state index < -0.39 is 5.82 Å². The number of pyridine rings is 1. The van der Waals surface area contributed by atoms with Crippen LogP contribution in [0.5, 0.6) is 0 Å². The van der Waals surface area contributed by atoms with Crippen molar-refractivity contribution in [3.05, 3.63) is 83.3 Å². The Kier molecular flexibility index (Phi) is 5.45. The second kappa shape index (κ2) is 8.41. The molecule has 2 aromatic heterocycles. The summed E-state index contributed by atoms with van der Waals surface area (Å²) in [5, 5.41) is 3.25. The molecule has 0 saturated heterocycles. The molecule has 1 N–H and O–H groups in total. The standard InChI is InChI=1S/C25H22FN3O2S/c1-31-14-13-27-22(30)16-7-8-18(19(26)15-16)23-28-20-9-10-21(29-24(20)32-23)25(11-12-25)17-5-3-2-4-6-17/h2-10,15H,11-14H2,1H3,(H,27,30). The Morgan fingerprint density at radius 3 is 2.66 bits per heavy atom. The Hall–Kier alpha value is -3.16. The van der Waals surface area contributed by atoms with Gasteiger partial charge in [0.1, 0.15) is 21.2 Å². The zero-order valence-corrected chi connectivity index (χ0v) is 18.4. The third-order valence-electron chi connectivity index (χ3n) is 5.88. The smallest absolute Gasteiger partial charge is 0.251 e. The lowest BCUT2D eigenvalue weighted by Crippen LogP contribution is -2.27. The predicted molar refractivity (Wildman–Crippen MR) is 123 cm³/mol. The Bertz CT molecular complexity index is 1290. The largest absolute Gasteiger partial charge is 0.383 e. The Morgan fingerprint density at radius 2 is 1.94 bits per heavy atom. The minimum Gasteiger partial charge on any atom is -0.383 e. The number of amides is 1. The molecule has 1 saturated carbocycles. The highest BCUT2D eigenvalue weighted by atomic mass is 32.1. The van der Waals surface area contributed by atoms with Gasteiger partial charge in [0.25, 0.3) is 5.91 Å². The molecule has 0 radical (unpaired) electrons. The summed E-state index contributed by atoms with van der Waals surface area (Å²) < 4.78 is 19.8. The van der Waals surface area contributed by atoms with Crippen LogP contribution in [0, 0.1) is 5.82 Å². The van der Waals surface area contributed by atoms with Gasteiger partial charge < -0.3 is 10.1 Å². The summed E-state index contributed by atoms with van der Waals surface area (Å²) in [6, 6.07) is 18.9. The Morgan fingerprint density at radius 1 is 1.12 bits per heavy atom. The molecule has 0 aliphatic heterocycles. The van der Waals surface area contributed by atoms with Crippen LogP contribution in [0.15, 0.2) is 60.7 Å². The van der Waals surface area contributed by atoms with Gasteiger partial charge in [-0.05, 0) is 48.7 Å².